The van der Waals surface area contributed by atoms with E-state index in [9.17, 15) is 0 Å². The van der Waals surface area contributed by atoms with Crippen LogP contribution in [-0.2, 0) is 13.5 Å². The third kappa shape index (κ3) is 4.29. The summed E-state index contributed by atoms with van der Waals surface area (Å²) in [5.41, 5.74) is 2.16. The number of hydrogen-bond donors (Lipinski definition) is 1. The summed E-state index contributed by atoms with van der Waals surface area (Å²) in [6, 6.07) is 8.39. The Kier molecular flexibility index (Phi) is 5.75. The zero-order valence-corrected chi connectivity index (χ0v) is 13.0. The quantitative estimate of drug-likeness (QED) is 0.811. The summed E-state index contributed by atoms with van der Waals surface area (Å²) in [4.78, 5) is 0. The predicted molar refractivity (Wildman–Crippen MR) is 83.4 cm³/mol. The highest BCUT2D eigenvalue weighted by atomic mass is 16.5. The molecule has 5 nitrogen and oxygen atoms in total. The molecule has 1 atom stereocenters. The molecule has 0 saturated carbocycles. The number of nitrogens with zero attached hydrogens (tertiary/aromatic N) is 3. The van der Waals surface area contributed by atoms with Crippen LogP contribution in [0.25, 0.3) is 0 Å². The fourth-order valence-electron chi connectivity index (χ4n) is 2.36. The number of benzene rings is 1. The number of aromatic nitrogens is 3. The van der Waals surface area contributed by atoms with Gasteiger partial charge in [-0.15, -0.1) is 5.10 Å². The molecule has 114 valence electrons. The molecule has 0 amide bonds. The molecule has 2 rings (SSSR count). The van der Waals surface area contributed by atoms with Crippen molar-refractivity contribution in [3.05, 3.63) is 41.7 Å². The maximum absolute atomic E-state index is 5.76. The van der Waals surface area contributed by atoms with E-state index in [1.165, 1.54) is 5.56 Å². The van der Waals surface area contributed by atoms with Crippen LogP contribution in [0.5, 0.6) is 5.75 Å². The summed E-state index contributed by atoms with van der Waals surface area (Å²) in [5.74, 6) is 0.942. The van der Waals surface area contributed by atoms with Gasteiger partial charge >= 0.3 is 0 Å². The van der Waals surface area contributed by atoms with Crippen LogP contribution in [0.15, 0.2) is 30.5 Å². The van der Waals surface area contributed by atoms with E-state index in [1.54, 1.807) is 4.68 Å². The molecule has 0 aliphatic rings. The van der Waals surface area contributed by atoms with Crippen LogP contribution in [0, 0.1) is 0 Å². The van der Waals surface area contributed by atoms with Crippen molar-refractivity contribution in [3.63, 3.8) is 0 Å². The van der Waals surface area contributed by atoms with Gasteiger partial charge in [0, 0.05) is 31.3 Å². The molecule has 0 spiro atoms. The first kappa shape index (κ1) is 15.5. The normalized spacial score (nSPS) is 12.3. The number of ether oxygens (including phenoxy) is 1. The molecule has 21 heavy (non-hydrogen) atoms. The van der Waals surface area contributed by atoms with Gasteiger partial charge < -0.3 is 10.1 Å². The Morgan fingerprint density at radius 2 is 2.10 bits per heavy atom. The number of hydrogen-bond acceptors (Lipinski definition) is 4. The topological polar surface area (TPSA) is 52.0 Å². The van der Waals surface area contributed by atoms with E-state index in [0.717, 1.165) is 30.8 Å². The third-order valence-electron chi connectivity index (χ3n) is 3.30. The Balaban J connectivity index is 2.22. The number of aryl methyl sites for hydroxylation is 1. The van der Waals surface area contributed by atoms with Gasteiger partial charge in [0.1, 0.15) is 5.75 Å². The van der Waals surface area contributed by atoms with Gasteiger partial charge in [0.25, 0.3) is 0 Å². The van der Waals surface area contributed by atoms with Crippen LogP contribution in [0.1, 0.15) is 37.6 Å². The summed E-state index contributed by atoms with van der Waals surface area (Å²) in [5, 5.41) is 11.8. The number of rotatable bonds is 8. The lowest BCUT2D eigenvalue weighted by molar-refractivity contribution is 0.331. The molecule has 1 N–H and O–H groups in total. The van der Waals surface area contributed by atoms with Crippen molar-refractivity contribution in [1.29, 1.82) is 0 Å². The molecule has 0 bridgehead atoms. The van der Waals surface area contributed by atoms with Gasteiger partial charge in [0.15, 0.2) is 0 Å². The van der Waals surface area contributed by atoms with Gasteiger partial charge in [-0.2, -0.15) is 0 Å². The Morgan fingerprint density at radius 3 is 2.76 bits per heavy atom. The van der Waals surface area contributed by atoms with Crippen molar-refractivity contribution in [1.82, 2.24) is 20.3 Å². The van der Waals surface area contributed by atoms with Gasteiger partial charge in [-0.05, 0) is 26.0 Å². The maximum Gasteiger partial charge on any atom is 0.124 e. The summed E-state index contributed by atoms with van der Waals surface area (Å²) in [6.45, 7) is 5.81. The molecule has 0 saturated heterocycles. The van der Waals surface area contributed by atoms with E-state index >= 15 is 0 Å². The first-order chi connectivity index (χ1) is 10.2. The average Bonchev–Trinajstić information content (AvgIpc) is 2.90. The van der Waals surface area contributed by atoms with Crippen molar-refractivity contribution in [3.8, 4) is 5.75 Å². The minimum Gasteiger partial charge on any atom is -0.494 e. The molecular weight excluding hydrogens is 264 g/mol. The van der Waals surface area contributed by atoms with E-state index in [0.29, 0.717) is 6.61 Å². The molecule has 1 aromatic carbocycles. The average molecular weight is 288 g/mol. The predicted octanol–water partition coefficient (Wildman–Crippen LogP) is 2.50. The second-order valence-electron chi connectivity index (χ2n) is 5.07. The van der Waals surface area contributed by atoms with Crippen molar-refractivity contribution in [2.24, 2.45) is 7.05 Å². The SMILES string of the molecule is CCCNC(Cc1cn(C)nn1)c1ccccc1OCC. The molecular formula is C16H24N4O. The highest BCUT2D eigenvalue weighted by molar-refractivity contribution is 5.36. The fraction of sp³-hybridized carbons (Fsp3) is 0.500. The van der Waals surface area contributed by atoms with Crippen LogP contribution in [0.4, 0.5) is 0 Å². The van der Waals surface area contributed by atoms with E-state index in [1.807, 2.05) is 32.3 Å². The van der Waals surface area contributed by atoms with E-state index in [-0.39, 0.29) is 6.04 Å². The van der Waals surface area contributed by atoms with Gasteiger partial charge in [-0.1, -0.05) is 30.3 Å². The van der Waals surface area contributed by atoms with Crippen LogP contribution in [-0.4, -0.2) is 28.1 Å². The summed E-state index contributed by atoms with van der Waals surface area (Å²) in [7, 11) is 1.89. The van der Waals surface area contributed by atoms with Crippen LogP contribution in [0.2, 0.25) is 0 Å². The second kappa shape index (κ2) is 7.78. The number of nitrogens with one attached hydrogen (secondary N) is 1. The van der Waals surface area contributed by atoms with E-state index in [2.05, 4.69) is 34.7 Å². The van der Waals surface area contributed by atoms with Crippen molar-refractivity contribution >= 4 is 0 Å². The molecule has 0 fully saturated rings. The Morgan fingerprint density at radius 1 is 1.29 bits per heavy atom. The van der Waals surface area contributed by atoms with E-state index < -0.39 is 0 Å². The maximum atomic E-state index is 5.76. The zero-order valence-electron chi connectivity index (χ0n) is 13.0. The van der Waals surface area contributed by atoms with Crippen molar-refractivity contribution in [2.75, 3.05) is 13.2 Å². The molecule has 0 radical (unpaired) electrons. The fourth-order valence-corrected chi connectivity index (χ4v) is 2.36. The zero-order chi connectivity index (χ0) is 15.1. The van der Waals surface area contributed by atoms with Gasteiger partial charge in [0.2, 0.25) is 0 Å². The highest BCUT2D eigenvalue weighted by Crippen LogP contribution is 2.27. The van der Waals surface area contributed by atoms with Crippen molar-refractivity contribution in [2.45, 2.75) is 32.7 Å². The monoisotopic (exact) mass is 288 g/mol. The summed E-state index contributed by atoms with van der Waals surface area (Å²) >= 11 is 0. The third-order valence-corrected chi connectivity index (χ3v) is 3.30. The van der Waals surface area contributed by atoms with Gasteiger partial charge in [0.05, 0.1) is 12.3 Å². The van der Waals surface area contributed by atoms with Gasteiger partial charge in [-0.3, -0.25) is 4.68 Å². The van der Waals surface area contributed by atoms with Crippen LogP contribution < -0.4 is 10.1 Å². The minimum absolute atomic E-state index is 0.185. The van der Waals surface area contributed by atoms with Crippen LogP contribution in [0.3, 0.4) is 0 Å². The molecule has 1 unspecified atom stereocenters. The van der Waals surface area contributed by atoms with E-state index in [4.69, 9.17) is 4.74 Å². The lowest BCUT2D eigenvalue weighted by atomic mass is 10.0. The molecule has 2 aromatic rings. The molecule has 1 aromatic heterocycles. The summed E-state index contributed by atoms with van der Waals surface area (Å²) in [6.07, 6.45) is 3.86. The molecule has 1 heterocycles. The summed E-state index contributed by atoms with van der Waals surface area (Å²) < 4.78 is 7.50. The molecule has 5 heteroatoms. The van der Waals surface area contributed by atoms with Gasteiger partial charge in [-0.25, -0.2) is 0 Å². The largest absolute Gasteiger partial charge is 0.494 e. The lowest BCUT2D eigenvalue weighted by Crippen LogP contribution is -2.25. The lowest BCUT2D eigenvalue weighted by Gasteiger charge is -2.21. The number of para-hydroxylation sites is 1. The van der Waals surface area contributed by atoms with Crippen molar-refractivity contribution < 1.29 is 4.74 Å². The Hall–Kier alpha value is -1.88. The highest BCUT2D eigenvalue weighted by Gasteiger charge is 2.17. The molecule has 0 aliphatic heterocycles. The standard InChI is InChI=1S/C16H24N4O/c1-4-10-17-15(11-13-12-20(3)19-18-13)14-8-6-7-9-16(14)21-5-2/h6-9,12,15,17H,4-5,10-11H2,1-3H3. The molecule has 0 aliphatic carbocycles. The first-order valence-corrected chi connectivity index (χ1v) is 7.54. The van der Waals surface area contributed by atoms with Crippen LogP contribution >= 0.6 is 0 Å². The Bertz CT molecular complexity index is 553. The first-order valence-electron chi connectivity index (χ1n) is 7.54. The second-order valence-corrected chi connectivity index (χ2v) is 5.07. The Labute approximate surface area is 126 Å². The smallest absolute Gasteiger partial charge is 0.124 e. The minimum atomic E-state index is 0.185.